The summed E-state index contributed by atoms with van der Waals surface area (Å²) in [5, 5.41) is 2.96. The molecule has 1 aromatic heterocycles. The Hall–Kier alpha value is -1.62. The zero-order valence-corrected chi connectivity index (χ0v) is 11.4. The number of aromatic nitrogens is 1. The second kappa shape index (κ2) is 6.96. The van der Waals surface area contributed by atoms with Crippen molar-refractivity contribution in [3.63, 3.8) is 0 Å². The molecule has 5 nitrogen and oxygen atoms in total. The normalized spacial score (nSPS) is 10.5. The van der Waals surface area contributed by atoms with Crippen molar-refractivity contribution in [2.45, 2.75) is 20.0 Å². The molecule has 0 saturated heterocycles. The lowest BCUT2D eigenvalue weighted by Crippen LogP contribution is -2.31. The van der Waals surface area contributed by atoms with Crippen molar-refractivity contribution in [3.05, 3.63) is 24.0 Å². The van der Waals surface area contributed by atoms with E-state index in [-0.39, 0.29) is 12.0 Å². The smallest absolute Gasteiger partial charge is 0.255 e. The highest BCUT2D eigenvalue weighted by atomic mass is 16.5. The Morgan fingerprint density at radius 2 is 2.28 bits per heavy atom. The van der Waals surface area contributed by atoms with Crippen molar-refractivity contribution in [1.29, 1.82) is 0 Å². The molecule has 1 rings (SSSR count). The summed E-state index contributed by atoms with van der Waals surface area (Å²) in [5.41, 5.74) is 1.36. The molecule has 0 bridgehead atoms. The minimum atomic E-state index is -0.0332. The zero-order valence-electron chi connectivity index (χ0n) is 11.4. The van der Waals surface area contributed by atoms with E-state index in [9.17, 15) is 4.79 Å². The van der Waals surface area contributed by atoms with E-state index < -0.39 is 0 Å². The van der Waals surface area contributed by atoms with Gasteiger partial charge in [-0.25, -0.2) is 0 Å². The molecule has 0 unspecified atom stereocenters. The SMILES string of the molecule is CNc1cnccc1C(=O)N(C)CCOC(C)C. The molecule has 0 saturated carbocycles. The Morgan fingerprint density at radius 3 is 2.89 bits per heavy atom. The topological polar surface area (TPSA) is 54.5 Å². The molecule has 100 valence electrons. The van der Waals surface area contributed by atoms with Gasteiger partial charge in [0, 0.05) is 26.8 Å². The fourth-order valence-electron chi connectivity index (χ4n) is 1.51. The third-order valence-electron chi connectivity index (χ3n) is 2.55. The van der Waals surface area contributed by atoms with Gasteiger partial charge in [0.05, 0.1) is 30.2 Å². The number of hydrogen-bond donors (Lipinski definition) is 1. The van der Waals surface area contributed by atoms with Crippen LogP contribution in [-0.4, -0.2) is 49.1 Å². The van der Waals surface area contributed by atoms with E-state index in [1.54, 1.807) is 37.5 Å². The highest BCUT2D eigenvalue weighted by Gasteiger charge is 2.15. The fourth-order valence-corrected chi connectivity index (χ4v) is 1.51. The largest absolute Gasteiger partial charge is 0.386 e. The summed E-state index contributed by atoms with van der Waals surface area (Å²) in [6.45, 7) is 5.07. The van der Waals surface area contributed by atoms with Crippen LogP contribution in [-0.2, 0) is 4.74 Å². The minimum Gasteiger partial charge on any atom is -0.386 e. The summed E-state index contributed by atoms with van der Waals surface area (Å²) in [5.74, 6) is -0.0332. The summed E-state index contributed by atoms with van der Waals surface area (Å²) in [4.78, 5) is 17.8. The number of nitrogens with zero attached hydrogens (tertiary/aromatic N) is 2. The van der Waals surface area contributed by atoms with Crippen molar-refractivity contribution >= 4 is 11.6 Å². The predicted octanol–water partition coefficient (Wildman–Crippen LogP) is 1.62. The molecule has 0 atom stereocenters. The quantitative estimate of drug-likeness (QED) is 0.834. The molecule has 0 radical (unpaired) electrons. The zero-order chi connectivity index (χ0) is 13.5. The van der Waals surface area contributed by atoms with Gasteiger partial charge in [0.2, 0.25) is 0 Å². The highest BCUT2D eigenvalue weighted by Crippen LogP contribution is 2.14. The number of likely N-dealkylation sites (N-methyl/N-ethyl adjacent to an activating group) is 1. The second-order valence-electron chi connectivity index (χ2n) is 4.32. The van der Waals surface area contributed by atoms with Crippen molar-refractivity contribution in [2.24, 2.45) is 0 Å². The third-order valence-corrected chi connectivity index (χ3v) is 2.55. The van der Waals surface area contributed by atoms with E-state index in [0.717, 1.165) is 5.69 Å². The Bertz CT molecular complexity index is 394. The molecule has 1 heterocycles. The van der Waals surface area contributed by atoms with Gasteiger partial charge in [0.1, 0.15) is 0 Å². The van der Waals surface area contributed by atoms with Gasteiger partial charge >= 0.3 is 0 Å². The average molecular weight is 251 g/mol. The summed E-state index contributed by atoms with van der Waals surface area (Å²) < 4.78 is 5.43. The maximum atomic E-state index is 12.2. The van der Waals surface area contributed by atoms with Crippen LogP contribution in [0.25, 0.3) is 0 Å². The van der Waals surface area contributed by atoms with Gasteiger partial charge in [-0.1, -0.05) is 0 Å². The van der Waals surface area contributed by atoms with E-state index in [4.69, 9.17) is 4.74 Å². The maximum Gasteiger partial charge on any atom is 0.255 e. The van der Waals surface area contributed by atoms with E-state index in [1.165, 1.54) is 0 Å². The van der Waals surface area contributed by atoms with Crippen LogP contribution in [0.15, 0.2) is 18.5 Å². The van der Waals surface area contributed by atoms with Gasteiger partial charge in [0.15, 0.2) is 0 Å². The van der Waals surface area contributed by atoms with Crippen molar-refractivity contribution in [1.82, 2.24) is 9.88 Å². The van der Waals surface area contributed by atoms with Crippen LogP contribution < -0.4 is 5.32 Å². The number of pyridine rings is 1. The first kappa shape index (κ1) is 14.4. The van der Waals surface area contributed by atoms with Gasteiger partial charge in [-0.15, -0.1) is 0 Å². The average Bonchev–Trinajstić information content (AvgIpc) is 2.37. The lowest BCUT2D eigenvalue weighted by molar-refractivity contribution is 0.0532. The number of anilines is 1. The molecule has 1 aromatic rings. The predicted molar refractivity (Wildman–Crippen MR) is 71.8 cm³/mol. The van der Waals surface area contributed by atoms with Gasteiger partial charge in [-0.05, 0) is 19.9 Å². The Balaban J connectivity index is 2.62. The van der Waals surface area contributed by atoms with Crippen molar-refractivity contribution in [3.8, 4) is 0 Å². The second-order valence-corrected chi connectivity index (χ2v) is 4.32. The van der Waals surface area contributed by atoms with Crippen LogP contribution in [0.5, 0.6) is 0 Å². The van der Waals surface area contributed by atoms with Crippen molar-refractivity contribution in [2.75, 3.05) is 32.6 Å². The molecule has 18 heavy (non-hydrogen) atoms. The first-order valence-corrected chi connectivity index (χ1v) is 6.05. The Kier molecular flexibility index (Phi) is 5.58. The van der Waals surface area contributed by atoms with Gasteiger partial charge < -0.3 is 15.0 Å². The highest BCUT2D eigenvalue weighted by molar-refractivity contribution is 5.99. The first-order chi connectivity index (χ1) is 8.56. The number of carbonyl (C=O) groups excluding carboxylic acids is 1. The van der Waals surface area contributed by atoms with E-state index >= 15 is 0 Å². The van der Waals surface area contributed by atoms with Crippen LogP contribution in [0.1, 0.15) is 24.2 Å². The molecule has 0 fully saturated rings. The lowest BCUT2D eigenvalue weighted by Gasteiger charge is -2.19. The van der Waals surface area contributed by atoms with Crippen LogP contribution in [0.4, 0.5) is 5.69 Å². The number of amides is 1. The Morgan fingerprint density at radius 1 is 1.56 bits per heavy atom. The Labute approximate surface area is 108 Å². The standard InChI is InChI=1S/C13H21N3O2/c1-10(2)18-8-7-16(4)13(17)11-5-6-15-9-12(11)14-3/h5-6,9-10,14H,7-8H2,1-4H3. The van der Waals surface area contributed by atoms with Crippen LogP contribution in [0.3, 0.4) is 0 Å². The van der Waals surface area contributed by atoms with Gasteiger partial charge in [-0.3, -0.25) is 9.78 Å². The van der Waals surface area contributed by atoms with Gasteiger partial charge in [0.25, 0.3) is 5.91 Å². The number of carbonyl (C=O) groups is 1. The third kappa shape index (κ3) is 4.00. The lowest BCUT2D eigenvalue weighted by atomic mass is 10.2. The number of ether oxygens (including phenoxy) is 1. The molecule has 0 aliphatic carbocycles. The van der Waals surface area contributed by atoms with Gasteiger partial charge in [-0.2, -0.15) is 0 Å². The fraction of sp³-hybridized carbons (Fsp3) is 0.538. The monoisotopic (exact) mass is 251 g/mol. The number of rotatable bonds is 6. The molecule has 0 aliphatic heterocycles. The first-order valence-electron chi connectivity index (χ1n) is 6.05. The van der Waals surface area contributed by atoms with Crippen molar-refractivity contribution < 1.29 is 9.53 Å². The molecular weight excluding hydrogens is 230 g/mol. The summed E-state index contributed by atoms with van der Waals surface area (Å²) in [7, 11) is 3.54. The summed E-state index contributed by atoms with van der Waals surface area (Å²) in [6.07, 6.45) is 3.44. The molecule has 1 N–H and O–H groups in total. The van der Waals surface area contributed by atoms with E-state index in [2.05, 4.69) is 10.3 Å². The number of hydrogen-bond acceptors (Lipinski definition) is 4. The molecular formula is C13H21N3O2. The van der Waals surface area contributed by atoms with E-state index in [1.807, 2.05) is 13.8 Å². The van der Waals surface area contributed by atoms with Crippen LogP contribution >= 0.6 is 0 Å². The summed E-state index contributed by atoms with van der Waals surface area (Å²) in [6, 6.07) is 1.72. The molecule has 0 aliphatic rings. The molecule has 0 spiro atoms. The molecule has 5 heteroatoms. The number of nitrogens with one attached hydrogen (secondary N) is 1. The maximum absolute atomic E-state index is 12.2. The molecule has 1 amide bonds. The molecule has 0 aromatic carbocycles. The van der Waals surface area contributed by atoms with E-state index in [0.29, 0.717) is 18.7 Å². The van der Waals surface area contributed by atoms with Crippen LogP contribution in [0.2, 0.25) is 0 Å². The minimum absolute atomic E-state index is 0.0332. The van der Waals surface area contributed by atoms with Crippen LogP contribution in [0, 0.1) is 0 Å². The summed E-state index contributed by atoms with van der Waals surface area (Å²) >= 11 is 0.